The monoisotopic (exact) mass is 646 g/mol. The van der Waals surface area contributed by atoms with E-state index < -0.39 is 11.6 Å². The van der Waals surface area contributed by atoms with Gasteiger partial charge in [-0.1, -0.05) is 90.1 Å². The number of aromatic nitrogens is 2. The standard InChI is InChI=1S/C34H31F2N2.ClH.Pd/c1-33(2,3)26-13-24(14-27(19-26)34(4,5)6)25-17-30(22-11-12-28(35)29(36)15-22)38-32(18-25)31-16-21-9-7-8-10-23(21)20-37-31;;/h7-10,12-20H,1-6H3;1H;/q-1;;+2/p-1. The van der Waals surface area contributed by atoms with Crippen molar-refractivity contribution in [3.8, 4) is 33.8 Å². The Morgan fingerprint density at radius 2 is 1.25 bits per heavy atom. The summed E-state index contributed by atoms with van der Waals surface area (Å²) < 4.78 is 27.9. The number of hydrogen-bond donors (Lipinski definition) is 0. The fourth-order valence-electron chi connectivity index (χ4n) is 4.45. The average Bonchev–Trinajstić information content (AvgIpc) is 2.94. The van der Waals surface area contributed by atoms with Crippen LogP contribution in [0, 0.1) is 17.7 Å². The molecule has 6 heteroatoms. The summed E-state index contributed by atoms with van der Waals surface area (Å²) in [5, 5.41) is 2.09. The molecule has 5 rings (SSSR count). The van der Waals surface area contributed by atoms with E-state index in [4.69, 9.17) is 4.98 Å². The van der Waals surface area contributed by atoms with E-state index in [1.54, 1.807) is 0 Å². The van der Waals surface area contributed by atoms with Crippen LogP contribution in [0.4, 0.5) is 8.78 Å². The summed E-state index contributed by atoms with van der Waals surface area (Å²) in [4.78, 5) is 9.52. The number of pyridine rings is 2. The normalized spacial score (nSPS) is 11.8. The predicted octanol–water partition coefficient (Wildman–Crippen LogP) is 9.99. The molecule has 3 aromatic carbocycles. The topological polar surface area (TPSA) is 25.8 Å². The van der Waals surface area contributed by atoms with Gasteiger partial charge in [0.15, 0.2) is 0 Å². The number of hydrogen-bond acceptors (Lipinski definition) is 2. The molecule has 0 amide bonds. The minimum absolute atomic E-state index is 0.0531. The average molecular weight is 648 g/mol. The Morgan fingerprint density at radius 3 is 1.85 bits per heavy atom. The van der Waals surface area contributed by atoms with Crippen LogP contribution in [0.25, 0.3) is 44.5 Å². The molecule has 2 nitrogen and oxygen atoms in total. The summed E-state index contributed by atoms with van der Waals surface area (Å²) in [6.07, 6.45) is 1.83. The van der Waals surface area contributed by atoms with Crippen molar-refractivity contribution in [3.05, 3.63) is 108 Å². The molecule has 0 fully saturated rings. The third kappa shape index (κ3) is 6.66. The molecule has 2 aromatic heterocycles. The molecule has 0 atom stereocenters. The van der Waals surface area contributed by atoms with Crippen LogP contribution in [0.3, 0.4) is 0 Å². The molecular weight excluding hydrogens is 616 g/mol. The Balaban J connectivity index is 0.00000181. The maximum atomic E-state index is 14.2. The van der Waals surface area contributed by atoms with Gasteiger partial charge >= 0.3 is 27.7 Å². The molecule has 0 aliphatic carbocycles. The van der Waals surface area contributed by atoms with Crippen molar-refractivity contribution >= 4 is 20.3 Å². The molecule has 5 aromatic rings. The van der Waals surface area contributed by atoms with Crippen molar-refractivity contribution in [1.82, 2.24) is 9.97 Å². The van der Waals surface area contributed by atoms with Gasteiger partial charge in [0.2, 0.25) is 0 Å². The second-order valence-corrected chi connectivity index (χ2v) is 11.9. The Labute approximate surface area is 250 Å². The Kier molecular flexibility index (Phi) is 8.90. The van der Waals surface area contributed by atoms with E-state index in [1.807, 2.05) is 48.7 Å². The van der Waals surface area contributed by atoms with Crippen molar-refractivity contribution in [2.45, 2.75) is 52.4 Å². The van der Waals surface area contributed by atoms with Crippen LogP contribution in [-0.2, 0) is 29.0 Å². The van der Waals surface area contributed by atoms with Gasteiger partial charge < -0.3 is 0 Å². The van der Waals surface area contributed by atoms with Gasteiger partial charge in [0, 0.05) is 11.6 Å². The van der Waals surface area contributed by atoms with Gasteiger partial charge in [0.1, 0.15) is 0 Å². The van der Waals surface area contributed by atoms with Crippen LogP contribution in [0.15, 0.2) is 79.0 Å². The fourth-order valence-corrected chi connectivity index (χ4v) is 4.45. The molecular formula is C34H31ClF2N2Pd. The van der Waals surface area contributed by atoms with Crippen LogP contribution in [0.5, 0.6) is 0 Å². The molecule has 40 heavy (non-hydrogen) atoms. The van der Waals surface area contributed by atoms with E-state index in [0.29, 0.717) is 22.6 Å². The Bertz CT molecular complexity index is 1640. The molecule has 0 bridgehead atoms. The molecule has 2 heterocycles. The van der Waals surface area contributed by atoms with Crippen molar-refractivity contribution in [3.63, 3.8) is 0 Å². The maximum absolute atomic E-state index is 14.2. The Morgan fingerprint density at radius 1 is 0.675 bits per heavy atom. The number of fused-ring (bicyclic) bond motifs is 1. The van der Waals surface area contributed by atoms with E-state index in [-0.39, 0.29) is 10.8 Å². The van der Waals surface area contributed by atoms with Gasteiger partial charge in [-0.05, 0) is 56.3 Å². The van der Waals surface area contributed by atoms with E-state index in [9.17, 15) is 8.78 Å². The summed E-state index contributed by atoms with van der Waals surface area (Å²) in [5.41, 5.74) is 6.56. The third-order valence-corrected chi connectivity index (χ3v) is 6.85. The molecule has 0 aliphatic heterocycles. The molecule has 0 N–H and O–H groups in total. The molecule has 0 radical (unpaired) electrons. The van der Waals surface area contributed by atoms with E-state index in [0.717, 1.165) is 34.0 Å². The van der Waals surface area contributed by atoms with Crippen molar-refractivity contribution in [2.75, 3.05) is 0 Å². The SMILES string of the molecule is CC(C)(C)c1cc(-c2cc(-c3[c-]cc(F)c(F)c3)nc(-c3cc4ccccc4cn3)c2)cc(C(C)(C)C)c1.[Cl][Pd+]. The van der Waals surface area contributed by atoms with Gasteiger partial charge in [-0.2, -0.15) is 0 Å². The molecule has 0 aliphatic rings. The van der Waals surface area contributed by atoms with E-state index in [1.165, 1.54) is 11.1 Å². The van der Waals surface area contributed by atoms with Gasteiger partial charge in [-0.15, -0.1) is 23.8 Å². The number of nitrogens with zero attached hydrogens (tertiary/aromatic N) is 2. The zero-order chi connectivity index (χ0) is 29.2. The minimum atomic E-state index is -0.936. The van der Waals surface area contributed by atoms with Crippen molar-refractivity contribution in [1.29, 1.82) is 0 Å². The number of rotatable bonds is 3. The molecule has 208 valence electrons. The van der Waals surface area contributed by atoms with E-state index in [2.05, 4.69) is 98.5 Å². The second-order valence-electron chi connectivity index (χ2n) is 11.9. The predicted molar refractivity (Wildman–Crippen MR) is 158 cm³/mol. The number of halogens is 3. The van der Waals surface area contributed by atoms with Crippen LogP contribution >= 0.6 is 9.53 Å². The van der Waals surface area contributed by atoms with Gasteiger partial charge in [-0.3, -0.25) is 14.4 Å². The summed E-state index contributed by atoms with van der Waals surface area (Å²) in [5.74, 6) is -1.87. The summed E-state index contributed by atoms with van der Waals surface area (Å²) >= 11 is 2.22. The molecule has 0 saturated carbocycles. The van der Waals surface area contributed by atoms with Crippen LogP contribution < -0.4 is 0 Å². The first kappa shape index (κ1) is 30.0. The molecule has 0 spiro atoms. The van der Waals surface area contributed by atoms with Gasteiger partial charge in [0.25, 0.3) is 0 Å². The molecule has 0 saturated heterocycles. The van der Waals surface area contributed by atoms with Gasteiger partial charge in [0.05, 0.1) is 23.0 Å². The Hall–Kier alpha value is -2.97. The first-order chi connectivity index (χ1) is 18.9. The summed E-state index contributed by atoms with van der Waals surface area (Å²) in [6, 6.07) is 25.7. The zero-order valence-electron chi connectivity index (χ0n) is 23.4. The fraction of sp³-hybridized carbons (Fsp3) is 0.235. The zero-order valence-corrected chi connectivity index (χ0v) is 25.7. The van der Waals surface area contributed by atoms with Crippen LogP contribution in [0.1, 0.15) is 52.7 Å². The van der Waals surface area contributed by atoms with E-state index >= 15 is 0 Å². The van der Waals surface area contributed by atoms with Crippen molar-refractivity contribution in [2.24, 2.45) is 0 Å². The van der Waals surface area contributed by atoms with Crippen molar-refractivity contribution < 1.29 is 27.0 Å². The van der Waals surface area contributed by atoms with Gasteiger partial charge in [-0.25, -0.2) is 4.39 Å². The first-order valence-electron chi connectivity index (χ1n) is 12.9. The first-order valence-corrected chi connectivity index (χ1v) is 14.9. The summed E-state index contributed by atoms with van der Waals surface area (Å²) in [6.45, 7) is 13.2. The molecule has 0 unspecified atom stereocenters. The number of benzene rings is 3. The summed E-state index contributed by atoms with van der Waals surface area (Å²) in [7, 11) is 4.49. The third-order valence-electron chi connectivity index (χ3n) is 6.85. The second kappa shape index (κ2) is 11.9. The van der Waals surface area contributed by atoms with Crippen LogP contribution in [-0.4, -0.2) is 9.97 Å². The van der Waals surface area contributed by atoms with Crippen LogP contribution in [0.2, 0.25) is 0 Å². The quantitative estimate of drug-likeness (QED) is 0.144.